The summed E-state index contributed by atoms with van der Waals surface area (Å²) in [6, 6.07) is 2.85. The molecular formula is C40H50F3N5O9S. The number of nitrogens with zero attached hydrogens (tertiary/aromatic N) is 2. The van der Waals surface area contributed by atoms with Crippen LogP contribution in [0.2, 0.25) is 0 Å². The molecule has 316 valence electrons. The minimum absolute atomic E-state index is 0.0358. The molecule has 1 saturated heterocycles. The van der Waals surface area contributed by atoms with Crippen molar-refractivity contribution in [3.63, 3.8) is 0 Å². The average molecular weight is 834 g/mol. The number of fused-ring (bicyclic) bond motifs is 5. The van der Waals surface area contributed by atoms with Gasteiger partial charge in [0.15, 0.2) is 0 Å². The number of nitrogens with one attached hydrogen (secondary N) is 3. The highest BCUT2D eigenvalue weighted by molar-refractivity contribution is 7.91. The molecule has 14 nitrogen and oxygen atoms in total. The maximum absolute atomic E-state index is 14.7. The number of alkyl halides is 3. The molecule has 2 aliphatic carbocycles. The van der Waals surface area contributed by atoms with Crippen LogP contribution in [0.4, 0.5) is 18.0 Å². The molecule has 0 unspecified atom stereocenters. The fourth-order valence-electron chi connectivity index (χ4n) is 8.26. The number of benzene rings is 1. The largest absolute Gasteiger partial charge is 0.497 e. The van der Waals surface area contributed by atoms with Crippen molar-refractivity contribution in [2.24, 2.45) is 5.92 Å². The quantitative estimate of drug-likeness (QED) is 0.334. The molecule has 4 heterocycles. The van der Waals surface area contributed by atoms with Crippen LogP contribution in [0.1, 0.15) is 96.2 Å². The normalized spacial score (nSPS) is 29.0. The fourth-order valence-corrected chi connectivity index (χ4v) is 9.57. The summed E-state index contributed by atoms with van der Waals surface area (Å²) in [7, 11) is -2.51. The number of aryl methyl sites for hydroxylation is 2. The van der Waals surface area contributed by atoms with Crippen LogP contribution < -0.4 is 24.8 Å². The monoisotopic (exact) mass is 833 g/mol. The number of aromatic nitrogens is 1. The Morgan fingerprint density at radius 3 is 2.52 bits per heavy atom. The third-order valence-corrected chi connectivity index (χ3v) is 14.7. The lowest BCUT2D eigenvalue weighted by atomic mass is 9.87. The number of alkyl carbamates (subject to hydrolysis) is 1. The first-order chi connectivity index (χ1) is 27.1. The molecule has 3 fully saturated rings. The zero-order valence-corrected chi connectivity index (χ0v) is 34.0. The van der Waals surface area contributed by atoms with Gasteiger partial charge in [0.05, 0.1) is 29.6 Å². The second-order valence-electron chi connectivity index (χ2n) is 17.2. The predicted octanol–water partition coefficient (Wildman–Crippen LogP) is 5.05. The molecule has 2 saturated carbocycles. The molecule has 0 radical (unpaired) electrons. The molecule has 18 heteroatoms. The molecular weight excluding hydrogens is 784 g/mol. The van der Waals surface area contributed by atoms with Crippen LogP contribution in [0.3, 0.4) is 0 Å². The zero-order chi connectivity index (χ0) is 42.1. The van der Waals surface area contributed by atoms with E-state index in [1.54, 1.807) is 33.1 Å². The zero-order valence-electron chi connectivity index (χ0n) is 33.2. The summed E-state index contributed by atoms with van der Waals surface area (Å²) in [5, 5.41) is 6.01. The SMILES string of the molecule is COc1ccc2nc(C)c3c(c2c1)CC[C@]1(C[C@H]2C(=O)N[C@]4(C(=O)NS(=O)(=O)C5(C)CC5)C[C@H]4/C=C\CCCCC[C@H](NC(=O)OC(C)(C)C(F)(F)F)C(=O)N2C1)O3. The Morgan fingerprint density at radius 2 is 1.83 bits per heavy atom. The van der Waals surface area contributed by atoms with Crippen LogP contribution in [-0.2, 0) is 35.6 Å². The van der Waals surface area contributed by atoms with Gasteiger partial charge in [-0.3, -0.25) is 19.1 Å². The molecule has 1 spiro atoms. The van der Waals surface area contributed by atoms with Gasteiger partial charge in [-0.15, -0.1) is 0 Å². The van der Waals surface area contributed by atoms with E-state index in [4.69, 9.17) is 19.2 Å². The number of carbonyl (C=O) groups excluding carboxylic acids is 4. The number of methoxy groups -OCH3 is 1. The van der Waals surface area contributed by atoms with E-state index in [2.05, 4.69) is 15.4 Å². The number of amides is 4. The molecule has 5 aliphatic rings. The molecule has 5 atom stereocenters. The number of rotatable bonds is 6. The molecule has 4 amide bonds. The van der Waals surface area contributed by atoms with Crippen LogP contribution in [0, 0.1) is 12.8 Å². The first-order valence-electron chi connectivity index (χ1n) is 19.7. The van der Waals surface area contributed by atoms with Crippen LogP contribution in [0.5, 0.6) is 11.5 Å². The second-order valence-corrected chi connectivity index (χ2v) is 19.4. The van der Waals surface area contributed by atoms with E-state index < -0.39 is 79.5 Å². The Bertz CT molecular complexity index is 2180. The number of allylic oxidation sites excluding steroid dienone is 1. The lowest BCUT2D eigenvalue weighted by Gasteiger charge is -2.37. The summed E-state index contributed by atoms with van der Waals surface area (Å²) < 4.78 is 85.6. The maximum atomic E-state index is 14.7. The third-order valence-electron chi connectivity index (χ3n) is 12.5. The van der Waals surface area contributed by atoms with Gasteiger partial charge in [-0.1, -0.05) is 25.0 Å². The van der Waals surface area contributed by atoms with Crippen LogP contribution >= 0.6 is 0 Å². The number of ether oxygens (including phenoxy) is 3. The van der Waals surface area contributed by atoms with Crippen molar-refractivity contribution in [2.75, 3.05) is 13.7 Å². The van der Waals surface area contributed by atoms with E-state index in [0.717, 1.165) is 16.5 Å². The molecule has 2 aromatic rings. The number of hydrogen-bond acceptors (Lipinski definition) is 10. The molecule has 1 aromatic heterocycles. The second kappa shape index (κ2) is 14.6. The standard InChI is InChI=1S/C40H50F3N5O9S/c1-23-31-26(27-19-25(55-5)13-14-28(27)44-23)15-16-38(56-31)21-30-32(49)46-39(34(51)47-58(53,54)37(4)17-18-37)20-24(39)11-9-7-6-8-10-12-29(33(50)48(30)22-38)45-35(52)57-36(2,3)40(41,42)43/h9,11,13-14,19,24,29-30H,6-8,10,12,15-18,20-22H2,1-5H3,(H,45,52)(H,46,49)(H,47,51)/b11-9-/t24-,29+,30+,38-,39-/m1/s1. The van der Waals surface area contributed by atoms with Gasteiger partial charge in [0, 0.05) is 23.3 Å². The van der Waals surface area contributed by atoms with Crippen LogP contribution in [-0.4, -0.2) is 95.5 Å². The summed E-state index contributed by atoms with van der Waals surface area (Å²) in [5.41, 5.74) is -3.46. The Hall–Kier alpha value is -4.61. The van der Waals surface area contributed by atoms with Gasteiger partial charge >= 0.3 is 12.3 Å². The number of sulfonamides is 1. The van der Waals surface area contributed by atoms with Crippen molar-refractivity contribution < 1.29 is 55.0 Å². The number of hydrogen-bond donors (Lipinski definition) is 3. The Balaban J connectivity index is 1.24. The van der Waals surface area contributed by atoms with Crippen LogP contribution in [0.15, 0.2) is 30.4 Å². The molecule has 3 N–H and O–H groups in total. The van der Waals surface area contributed by atoms with Crippen molar-refractivity contribution in [1.29, 1.82) is 0 Å². The summed E-state index contributed by atoms with van der Waals surface area (Å²) in [4.78, 5) is 62.3. The van der Waals surface area contributed by atoms with Gasteiger partial charge < -0.3 is 29.7 Å². The molecule has 3 aliphatic heterocycles. The lowest BCUT2D eigenvalue weighted by Crippen LogP contribution is -2.59. The minimum atomic E-state index is -4.90. The van der Waals surface area contributed by atoms with E-state index in [0.29, 0.717) is 82.4 Å². The fraction of sp³-hybridized carbons (Fsp3) is 0.625. The van der Waals surface area contributed by atoms with E-state index in [1.165, 1.54) is 4.90 Å². The number of pyridine rings is 1. The predicted molar refractivity (Wildman–Crippen MR) is 204 cm³/mol. The highest BCUT2D eigenvalue weighted by atomic mass is 32.2. The molecule has 1 aromatic carbocycles. The Morgan fingerprint density at radius 1 is 1.09 bits per heavy atom. The van der Waals surface area contributed by atoms with Gasteiger partial charge in [0.2, 0.25) is 27.4 Å². The highest BCUT2D eigenvalue weighted by Gasteiger charge is 2.64. The van der Waals surface area contributed by atoms with Crippen molar-refractivity contribution in [3.8, 4) is 11.5 Å². The Labute approximate surface area is 335 Å². The van der Waals surface area contributed by atoms with Gasteiger partial charge in [-0.05, 0) is 97.3 Å². The van der Waals surface area contributed by atoms with Gasteiger partial charge in [0.25, 0.3) is 5.91 Å². The molecule has 7 rings (SSSR count). The maximum Gasteiger partial charge on any atom is 0.427 e. The first kappa shape index (κ1) is 41.5. The van der Waals surface area contributed by atoms with E-state index in [9.17, 15) is 40.8 Å². The summed E-state index contributed by atoms with van der Waals surface area (Å²) in [5.74, 6) is -1.78. The van der Waals surface area contributed by atoms with Gasteiger partial charge in [0.1, 0.15) is 34.7 Å². The smallest absolute Gasteiger partial charge is 0.427 e. The summed E-state index contributed by atoms with van der Waals surface area (Å²) >= 11 is 0. The average Bonchev–Trinajstić information content (AvgIpc) is 4.04. The first-order valence-corrected chi connectivity index (χ1v) is 21.2. The van der Waals surface area contributed by atoms with Crippen molar-refractivity contribution in [2.45, 2.75) is 138 Å². The summed E-state index contributed by atoms with van der Waals surface area (Å²) in [6.45, 7) is 4.59. The number of carbonyl (C=O) groups is 4. The van der Waals surface area contributed by atoms with E-state index >= 15 is 0 Å². The molecule has 0 bridgehead atoms. The highest BCUT2D eigenvalue weighted by Crippen LogP contribution is 2.49. The summed E-state index contributed by atoms with van der Waals surface area (Å²) in [6.07, 6.45) is 1.20. The lowest BCUT2D eigenvalue weighted by molar-refractivity contribution is -0.244. The molecule has 58 heavy (non-hydrogen) atoms. The third kappa shape index (κ3) is 7.68. The van der Waals surface area contributed by atoms with Gasteiger partial charge in [-0.2, -0.15) is 13.2 Å². The topological polar surface area (TPSA) is 182 Å². The van der Waals surface area contributed by atoms with Crippen LogP contribution in [0.25, 0.3) is 10.9 Å². The van der Waals surface area contributed by atoms with Crippen molar-refractivity contribution >= 4 is 44.7 Å². The number of halogens is 3. The van der Waals surface area contributed by atoms with Crippen molar-refractivity contribution in [1.82, 2.24) is 25.2 Å². The van der Waals surface area contributed by atoms with Gasteiger partial charge in [-0.25, -0.2) is 18.2 Å². The van der Waals surface area contributed by atoms with Crippen molar-refractivity contribution in [3.05, 3.63) is 41.6 Å². The Kier molecular flexibility index (Phi) is 10.4. The van der Waals surface area contributed by atoms with E-state index in [1.807, 2.05) is 18.2 Å². The van der Waals surface area contributed by atoms with E-state index in [-0.39, 0.29) is 25.8 Å². The minimum Gasteiger partial charge on any atom is -0.497 e.